The van der Waals surface area contributed by atoms with Gasteiger partial charge in [-0.05, 0) is 312 Å². The lowest BCUT2D eigenvalue weighted by atomic mass is 9.66. The van der Waals surface area contributed by atoms with Crippen molar-refractivity contribution in [3.8, 4) is 22.3 Å². The number of fused-ring (bicyclic) bond motifs is 10. The van der Waals surface area contributed by atoms with Crippen LogP contribution in [0, 0.1) is 47.3 Å². The molecule has 0 aliphatic heterocycles. The van der Waals surface area contributed by atoms with Crippen molar-refractivity contribution in [2.24, 2.45) is 47.3 Å². The number of rotatable bonds is 0. The summed E-state index contributed by atoms with van der Waals surface area (Å²) >= 11 is 0. The minimum absolute atomic E-state index is 0.192. The Kier molecular flexibility index (Phi) is 6.04. The maximum atomic E-state index is 3.02. The SMILES string of the molecule is c1c2c(cc3c1C1CC4CC(C1)CC3C4)C1(c3cc4c(cc3-2)C2CC3CC(C2)CC4C3)c2cc3c(cc2-c2c1ccc1c2C2CC4CC(CC1C4)C2)C1CC2CC(C1)CC3C2. The van der Waals surface area contributed by atoms with Crippen LogP contribution in [-0.2, 0) is 5.41 Å². The fraction of sp³-hybridized carbons (Fsp3) is 0.607. The Hall–Kier alpha value is -3.12. The largest absolute Gasteiger partial charge is 0.0725 e. The van der Waals surface area contributed by atoms with E-state index in [-0.39, 0.29) is 5.41 Å². The van der Waals surface area contributed by atoms with Crippen molar-refractivity contribution in [1.29, 1.82) is 0 Å². The van der Waals surface area contributed by atoms with Crippen molar-refractivity contribution < 1.29 is 0 Å². The first-order valence-electron chi connectivity index (χ1n) is 26.8. The number of hydrogen-bond acceptors (Lipinski definition) is 0. The van der Waals surface area contributed by atoms with Crippen LogP contribution in [0.25, 0.3) is 22.3 Å². The van der Waals surface area contributed by atoms with Gasteiger partial charge in [-0.1, -0.05) is 48.5 Å². The van der Waals surface area contributed by atoms with E-state index < -0.39 is 0 Å². The van der Waals surface area contributed by atoms with Gasteiger partial charge in [0.2, 0.25) is 0 Å². The molecule has 4 aromatic rings. The molecule has 0 N–H and O–H groups in total. The van der Waals surface area contributed by atoms with E-state index in [0.717, 1.165) is 94.7 Å². The fourth-order valence-corrected chi connectivity index (χ4v) is 21.9. The van der Waals surface area contributed by atoms with Gasteiger partial charge in [-0.25, -0.2) is 0 Å². The molecule has 8 saturated carbocycles. The third kappa shape index (κ3) is 4.04. The van der Waals surface area contributed by atoms with Crippen LogP contribution in [0.3, 0.4) is 0 Å². The maximum absolute atomic E-state index is 3.02. The van der Waals surface area contributed by atoms with E-state index in [1.807, 2.05) is 44.5 Å². The molecule has 0 heteroatoms. The highest BCUT2D eigenvalue weighted by Gasteiger charge is 2.58. The van der Waals surface area contributed by atoms with E-state index in [0.29, 0.717) is 0 Å². The Bertz CT molecular complexity index is 2540. The molecular formula is C61H64. The van der Waals surface area contributed by atoms with Gasteiger partial charge in [-0.3, -0.25) is 0 Å². The first-order chi connectivity index (χ1) is 30.0. The van der Waals surface area contributed by atoms with Gasteiger partial charge >= 0.3 is 0 Å². The van der Waals surface area contributed by atoms with Gasteiger partial charge in [0, 0.05) is 0 Å². The molecule has 0 aromatic heterocycles. The van der Waals surface area contributed by atoms with Crippen molar-refractivity contribution in [2.45, 2.75) is 181 Å². The average Bonchev–Trinajstić information content (AvgIpc) is 3.30. The summed E-state index contributed by atoms with van der Waals surface area (Å²) in [6, 6.07) is 23.5. The van der Waals surface area contributed by atoms with E-state index >= 15 is 0 Å². The van der Waals surface area contributed by atoms with Crippen molar-refractivity contribution in [1.82, 2.24) is 0 Å². The lowest BCUT2D eigenvalue weighted by Gasteiger charge is -2.38. The van der Waals surface area contributed by atoms with Gasteiger partial charge in [0.1, 0.15) is 0 Å². The normalized spacial score (nSPS) is 45.1. The summed E-state index contributed by atoms with van der Waals surface area (Å²) in [6.07, 6.45) is 29.5. The van der Waals surface area contributed by atoms with E-state index in [1.165, 1.54) is 128 Å². The summed E-state index contributed by atoms with van der Waals surface area (Å²) in [7, 11) is 0. The van der Waals surface area contributed by atoms with E-state index in [1.54, 1.807) is 44.5 Å². The van der Waals surface area contributed by atoms with Crippen LogP contribution in [0.4, 0.5) is 0 Å². The predicted molar refractivity (Wildman–Crippen MR) is 245 cm³/mol. The van der Waals surface area contributed by atoms with Crippen LogP contribution < -0.4 is 0 Å². The van der Waals surface area contributed by atoms with E-state index in [9.17, 15) is 0 Å². The highest BCUT2D eigenvalue weighted by atomic mass is 14.6. The zero-order valence-corrected chi connectivity index (χ0v) is 36.5. The zero-order valence-electron chi connectivity index (χ0n) is 36.5. The summed E-state index contributed by atoms with van der Waals surface area (Å²) in [5, 5.41) is 0. The minimum atomic E-state index is -0.192. The molecule has 0 saturated heterocycles. The second-order valence-electron chi connectivity index (χ2n) is 26.0. The molecule has 16 bridgehead atoms. The van der Waals surface area contributed by atoms with E-state index in [2.05, 4.69) is 48.5 Å². The number of hydrogen-bond donors (Lipinski definition) is 0. The summed E-state index contributed by atoms with van der Waals surface area (Å²) in [5.74, 6) is 13.9. The topological polar surface area (TPSA) is 0 Å². The van der Waals surface area contributed by atoms with Crippen LogP contribution in [-0.4, -0.2) is 0 Å². The lowest BCUT2D eigenvalue weighted by Crippen LogP contribution is -2.28. The summed E-state index contributed by atoms with van der Waals surface area (Å²) in [6.45, 7) is 0. The smallest absolute Gasteiger partial charge is 0.0581 e. The van der Waals surface area contributed by atoms with Crippen molar-refractivity contribution in [2.75, 3.05) is 0 Å². The molecule has 1 spiro atoms. The van der Waals surface area contributed by atoms with Gasteiger partial charge in [-0.15, -0.1) is 0 Å². The number of benzene rings is 4. The van der Waals surface area contributed by atoms with Gasteiger partial charge in [0.05, 0.1) is 5.41 Å². The molecule has 8 unspecified atom stereocenters. The summed E-state index contributed by atoms with van der Waals surface area (Å²) < 4.78 is 0. The average molecular weight is 797 g/mol. The van der Waals surface area contributed by atoms with Crippen molar-refractivity contribution in [3.05, 3.63) is 115 Å². The molecule has 4 aromatic carbocycles. The molecule has 22 rings (SSSR count). The molecule has 0 nitrogen and oxygen atoms in total. The van der Waals surface area contributed by atoms with Gasteiger partial charge in [0.25, 0.3) is 0 Å². The molecule has 308 valence electrons. The Labute approximate surface area is 364 Å². The standard InChI is InChI=1S/C61H64/c1-2-55-60(59-44-21-35-6-36(22-44)8-37(7-35)45(1)59)54-25-48-40-13-33-5-34(14-40)20-43(19-33)51(48)28-58(54)61(55)56-26-49-41-15-29-3-30(16-41)10-38(9-29)46(49)23-52(56)53-24-47-39-11-31-4-32(12-39)18-42(17-31)50(47)27-57(53)61/h1-2,23-44H,3-22H2. The molecule has 0 radical (unpaired) electrons. The third-order valence-corrected chi connectivity index (χ3v) is 23.2. The Balaban J connectivity index is 0.979. The summed E-state index contributed by atoms with van der Waals surface area (Å²) in [5.41, 5.74) is 28.3. The molecule has 0 heterocycles. The first kappa shape index (κ1) is 33.4. The molecular weight excluding hydrogens is 733 g/mol. The second kappa shape index (κ2) is 11.0. The second-order valence-corrected chi connectivity index (χ2v) is 26.0. The Morgan fingerprint density at radius 3 is 0.934 bits per heavy atom. The Morgan fingerprint density at radius 2 is 0.557 bits per heavy atom. The highest BCUT2D eigenvalue weighted by molar-refractivity contribution is 5.98. The minimum Gasteiger partial charge on any atom is -0.0581 e. The van der Waals surface area contributed by atoms with Crippen LogP contribution in [0.2, 0.25) is 0 Å². The maximum Gasteiger partial charge on any atom is 0.0725 e. The Morgan fingerprint density at radius 1 is 0.262 bits per heavy atom. The molecule has 8 atom stereocenters. The van der Waals surface area contributed by atoms with Crippen molar-refractivity contribution in [3.63, 3.8) is 0 Å². The van der Waals surface area contributed by atoms with Crippen molar-refractivity contribution >= 4 is 0 Å². The van der Waals surface area contributed by atoms with Gasteiger partial charge in [-0.2, -0.15) is 0 Å². The van der Waals surface area contributed by atoms with E-state index in [4.69, 9.17) is 0 Å². The van der Waals surface area contributed by atoms with Crippen LogP contribution in [0.5, 0.6) is 0 Å². The molecule has 61 heavy (non-hydrogen) atoms. The summed E-state index contributed by atoms with van der Waals surface area (Å²) in [4.78, 5) is 0. The highest BCUT2D eigenvalue weighted by Crippen LogP contribution is 2.71. The van der Waals surface area contributed by atoms with Crippen LogP contribution in [0.15, 0.2) is 48.5 Å². The van der Waals surface area contributed by atoms with Crippen LogP contribution in [0.1, 0.15) is 243 Å². The molecule has 8 fully saturated rings. The molecule has 0 amide bonds. The van der Waals surface area contributed by atoms with Crippen LogP contribution >= 0.6 is 0 Å². The van der Waals surface area contributed by atoms with Gasteiger partial charge < -0.3 is 0 Å². The third-order valence-electron chi connectivity index (χ3n) is 23.2. The predicted octanol–water partition coefficient (Wildman–Crippen LogP) is 15.6. The molecule has 18 aliphatic rings. The quantitative estimate of drug-likeness (QED) is 0.144. The lowest BCUT2D eigenvalue weighted by molar-refractivity contribution is 0.165. The fourth-order valence-electron chi connectivity index (χ4n) is 21.9. The molecule has 18 aliphatic carbocycles. The first-order valence-corrected chi connectivity index (χ1v) is 26.8. The van der Waals surface area contributed by atoms with Gasteiger partial charge in [0.15, 0.2) is 0 Å². The monoisotopic (exact) mass is 797 g/mol. The zero-order chi connectivity index (χ0) is 38.8.